The summed E-state index contributed by atoms with van der Waals surface area (Å²) in [6.07, 6.45) is 2.09. The predicted molar refractivity (Wildman–Crippen MR) is 105 cm³/mol. The van der Waals surface area contributed by atoms with Crippen LogP contribution in [0.5, 0.6) is 0 Å². The highest BCUT2D eigenvalue weighted by molar-refractivity contribution is 8.02. The molecule has 0 saturated carbocycles. The van der Waals surface area contributed by atoms with Crippen LogP contribution >= 0.6 is 23.5 Å². The van der Waals surface area contributed by atoms with Gasteiger partial charge in [-0.3, -0.25) is 9.36 Å². The molecular weight excluding hydrogens is 336 g/mol. The van der Waals surface area contributed by atoms with Crippen molar-refractivity contribution in [2.45, 2.75) is 18.6 Å². The minimum Gasteiger partial charge on any atom is -0.283 e. The molecule has 3 aromatic rings. The van der Waals surface area contributed by atoms with Crippen LogP contribution in [0.1, 0.15) is 11.1 Å². The number of hydrogen-bond acceptors (Lipinski definition) is 4. The minimum atomic E-state index is 0.0350. The Labute approximate surface area is 150 Å². The third kappa shape index (κ3) is 3.84. The lowest BCUT2D eigenvalue weighted by Gasteiger charge is -2.13. The highest BCUT2D eigenvalue weighted by atomic mass is 32.2. The molecule has 0 saturated heterocycles. The molecule has 0 unspecified atom stereocenters. The van der Waals surface area contributed by atoms with E-state index in [9.17, 15) is 4.79 Å². The molecule has 0 aliphatic rings. The van der Waals surface area contributed by atoms with Gasteiger partial charge in [0.15, 0.2) is 5.16 Å². The molecule has 24 heavy (non-hydrogen) atoms. The molecule has 0 aliphatic carbocycles. The van der Waals surface area contributed by atoms with E-state index in [0.29, 0.717) is 11.9 Å². The molecule has 0 bridgehead atoms. The number of aromatic nitrogens is 2. The zero-order valence-electron chi connectivity index (χ0n) is 13.9. The molecule has 0 atom stereocenters. The molecule has 0 radical (unpaired) electrons. The van der Waals surface area contributed by atoms with Crippen LogP contribution in [0.3, 0.4) is 0 Å². The topological polar surface area (TPSA) is 34.9 Å². The maximum absolute atomic E-state index is 13.0. The van der Waals surface area contributed by atoms with Gasteiger partial charge in [0.1, 0.15) is 0 Å². The largest absolute Gasteiger partial charge is 0.283 e. The Morgan fingerprint density at radius 2 is 1.79 bits per heavy atom. The lowest BCUT2D eigenvalue weighted by Crippen LogP contribution is -2.24. The van der Waals surface area contributed by atoms with Crippen molar-refractivity contribution < 1.29 is 0 Å². The zero-order valence-corrected chi connectivity index (χ0v) is 15.5. The Kier molecular flexibility index (Phi) is 5.63. The van der Waals surface area contributed by atoms with Gasteiger partial charge in [-0.05, 0) is 30.9 Å². The highest BCUT2D eigenvalue weighted by Gasteiger charge is 2.11. The summed E-state index contributed by atoms with van der Waals surface area (Å²) in [7, 11) is 0. The third-order valence-electron chi connectivity index (χ3n) is 3.81. The Morgan fingerprint density at radius 3 is 2.54 bits per heavy atom. The van der Waals surface area contributed by atoms with Gasteiger partial charge in [-0.2, -0.15) is 11.8 Å². The van der Waals surface area contributed by atoms with E-state index in [1.165, 1.54) is 5.56 Å². The highest BCUT2D eigenvalue weighted by Crippen LogP contribution is 2.20. The van der Waals surface area contributed by atoms with Crippen LogP contribution in [0.25, 0.3) is 10.9 Å². The maximum Gasteiger partial charge on any atom is 0.262 e. The summed E-state index contributed by atoms with van der Waals surface area (Å²) in [4.78, 5) is 17.7. The molecule has 0 amide bonds. The van der Waals surface area contributed by atoms with Gasteiger partial charge in [0.2, 0.25) is 0 Å². The van der Waals surface area contributed by atoms with Crippen LogP contribution in [0.4, 0.5) is 0 Å². The smallest absolute Gasteiger partial charge is 0.262 e. The summed E-state index contributed by atoms with van der Waals surface area (Å²) >= 11 is 3.46. The Bertz CT molecular complexity index is 888. The second-order valence-electron chi connectivity index (χ2n) is 5.63. The van der Waals surface area contributed by atoms with Crippen LogP contribution in [0, 0.1) is 6.92 Å². The average molecular weight is 357 g/mol. The van der Waals surface area contributed by atoms with Crippen LogP contribution < -0.4 is 5.56 Å². The van der Waals surface area contributed by atoms with Crippen LogP contribution in [-0.2, 0) is 6.54 Å². The van der Waals surface area contributed by atoms with E-state index >= 15 is 0 Å². The molecule has 1 heterocycles. The summed E-state index contributed by atoms with van der Waals surface area (Å²) in [5.41, 5.74) is 3.14. The van der Waals surface area contributed by atoms with Gasteiger partial charge >= 0.3 is 0 Å². The summed E-state index contributed by atoms with van der Waals surface area (Å²) in [6, 6.07) is 15.9. The number of nitrogens with zero attached hydrogens (tertiary/aromatic N) is 2. The molecule has 1 aromatic heterocycles. The number of hydrogen-bond donors (Lipinski definition) is 0. The Hall–Kier alpha value is -1.72. The fourth-order valence-corrected chi connectivity index (χ4v) is 4.14. The minimum absolute atomic E-state index is 0.0350. The summed E-state index contributed by atoms with van der Waals surface area (Å²) in [6.45, 7) is 2.62. The van der Waals surface area contributed by atoms with Crippen molar-refractivity contribution in [2.75, 3.05) is 17.8 Å². The quantitative estimate of drug-likeness (QED) is 0.376. The molecular formula is C19H20N2OS2. The molecule has 0 N–H and O–H groups in total. The lowest BCUT2D eigenvalue weighted by molar-refractivity contribution is 0.658. The first-order valence-electron chi connectivity index (χ1n) is 7.86. The van der Waals surface area contributed by atoms with Crippen molar-refractivity contribution in [3.05, 3.63) is 70.0 Å². The van der Waals surface area contributed by atoms with E-state index in [1.807, 2.05) is 24.3 Å². The van der Waals surface area contributed by atoms with Crippen molar-refractivity contribution in [2.24, 2.45) is 0 Å². The number of rotatable bonds is 6. The van der Waals surface area contributed by atoms with Gasteiger partial charge in [0.05, 0.1) is 17.4 Å². The summed E-state index contributed by atoms with van der Waals surface area (Å²) < 4.78 is 1.80. The van der Waals surface area contributed by atoms with Gasteiger partial charge in [-0.1, -0.05) is 53.7 Å². The van der Waals surface area contributed by atoms with Crippen molar-refractivity contribution in [1.29, 1.82) is 0 Å². The van der Waals surface area contributed by atoms with Crippen LogP contribution in [-0.4, -0.2) is 27.3 Å². The number of benzene rings is 2. The fraction of sp³-hybridized carbons (Fsp3) is 0.263. The SMILES string of the molecule is CSCCSc1nc2ccccc2c(=O)n1Cc1ccc(C)cc1. The Morgan fingerprint density at radius 1 is 1.04 bits per heavy atom. The number of thioether (sulfide) groups is 2. The van der Waals surface area contributed by atoms with Gasteiger partial charge in [0, 0.05) is 11.5 Å². The summed E-state index contributed by atoms with van der Waals surface area (Å²) in [5, 5.41) is 1.48. The fourth-order valence-electron chi connectivity index (χ4n) is 2.49. The summed E-state index contributed by atoms with van der Waals surface area (Å²) in [5.74, 6) is 1.98. The molecule has 5 heteroatoms. The van der Waals surface area contributed by atoms with E-state index < -0.39 is 0 Å². The van der Waals surface area contributed by atoms with Crippen LogP contribution in [0.15, 0.2) is 58.5 Å². The number of para-hydroxylation sites is 1. The lowest BCUT2D eigenvalue weighted by atomic mass is 10.1. The van der Waals surface area contributed by atoms with Gasteiger partial charge in [0.25, 0.3) is 5.56 Å². The molecule has 2 aromatic carbocycles. The third-order valence-corrected chi connectivity index (χ3v) is 5.66. The first-order valence-corrected chi connectivity index (χ1v) is 10.2. The standard InChI is InChI=1S/C19H20N2OS2/c1-14-7-9-15(10-8-14)13-21-18(22)16-5-3-4-6-17(16)20-19(21)24-12-11-23-2/h3-10H,11-13H2,1-2H3. The Balaban J connectivity index is 2.04. The normalized spacial score (nSPS) is 11.1. The molecule has 3 nitrogen and oxygen atoms in total. The van der Waals surface area contributed by atoms with Crippen molar-refractivity contribution in [3.8, 4) is 0 Å². The van der Waals surface area contributed by atoms with Gasteiger partial charge in [-0.15, -0.1) is 0 Å². The number of aryl methyl sites for hydroxylation is 1. The van der Waals surface area contributed by atoms with Crippen molar-refractivity contribution >= 4 is 34.4 Å². The first kappa shape index (κ1) is 17.1. The van der Waals surface area contributed by atoms with E-state index in [1.54, 1.807) is 28.1 Å². The monoisotopic (exact) mass is 356 g/mol. The molecule has 0 spiro atoms. The first-order chi connectivity index (χ1) is 11.7. The molecule has 0 aliphatic heterocycles. The van der Waals surface area contributed by atoms with Gasteiger partial charge in [-0.25, -0.2) is 4.98 Å². The average Bonchev–Trinajstić information content (AvgIpc) is 2.60. The number of fused-ring (bicyclic) bond motifs is 1. The van der Waals surface area contributed by atoms with Crippen molar-refractivity contribution in [1.82, 2.24) is 9.55 Å². The van der Waals surface area contributed by atoms with Crippen LogP contribution in [0.2, 0.25) is 0 Å². The van der Waals surface area contributed by atoms with E-state index in [2.05, 4.69) is 37.4 Å². The van der Waals surface area contributed by atoms with E-state index in [4.69, 9.17) is 4.98 Å². The van der Waals surface area contributed by atoms with Gasteiger partial charge < -0.3 is 0 Å². The maximum atomic E-state index is 13.0. The second kappa shape index (κ2) is 7.90. The van der Waals surface area contributed by atoms with E-state index in [-0.39, 0.29) is 5.56 Å². The molecule has 124 valence electrons. The second-order valence-corrected chi connectivity index (χ2v) is 7.68. The van der Waals surface area contributed by atoms with Crippen molar-refractivity contribution in [3.63, 3.8) is 0 Å². The molecule has 3 rings (SSSR count). The molecule has 0 fully saturated rings. The zero-order chi connectivity index (χ0) is 16.9. The van der Waals surface area contributed by atoms with E-state index in [0.717, 1.165) is 27.7 Å². The predicted octanol–water partition coefficient (Wildman–Crippen LogP) is 4.21.